The van der Waals surface area contributed by atoms with Crippen LogP contribution < -0.4 is 5.32 Å². The lowest BCUT2D eigenvalue weighted by Gasteiger charge is -2.16. The van der Waals surface area contributed by atoms with Crippen molar-refractivity contribution in [3.63, 3.8) is 0 Å². The lowest BCUT2D eigenvalue weighted by Crippen LogP contribution is -2.27. The van der Waals surface area contributed by atoms with Crippen LogP contribution in [0, 0.1) is 12.8 Å². The number of carbonyl (C=O) groups excluding carboxylic acids is 1. The Morgan fingerprint density at radius 1 is 1.36 bits per heavy atom. The molecule has 0 spiro atoms. The molecule has 1 aromatic carbocycles. The number of amides is 1. The maximum absolute atomic E-state index is 12.2. The van der Waals surface area contributed by atoms with E-state index in [1.807, 2.05) is 13.0 Å². The zero-order valence-electron chi connectivity index (χ0n) is 12.9. The second-order valence-corrected chi connectivity index (χ2v) is 7.08. The van der Waals surface area contributed by atoms with Crippen LogP contribution in [0.1, 0.15) is 41.4 Å². The maximum Gasteiger partial charge on any atom is 0.220 e. The summed E-state index contributed by atoms with van der Waals surface area (Å²) in [5.74, 6) is 1.23. The van der Waals surface area contributed by atoms with E-state index >= 15 is 0 Å². The minimum Gasteiger partial charge on any atom is -0.356 e. The standard InChI is InChI=1S/C18H22N2OS/c1-13-20-16(12-22-13)9-10-19-18(21)11-17(15-7-8-15)14-5-3-2-4-6-14/h2-6,12,15,17H,7-11H2,1H3,(H,19,21). The van der Waals surface area contributed by atoms with Gasteiger partial charge in [0, 0.05) is 24.8 Å². The third-order valence-electron chi connectivity index (χ3n) is 4.19. The Hall–Kier alpha value is -1.68. The highest BCUT2D eigenvalue weighted by atomic mass is 32.1. The summed E-state index contributed by atoms with van der Waals surface area (Å²) in [6.07, 6.45) is 3.93. The van der Waals surface area contributed by atoms with Crippen LogP contribution in [0.25, 0.3) is 0 Å². The fourth-order valence-electron chi connectivity index (χ4n) is 2.88. The first-order chi connectivity index (χ1) is 10.7. The van der Waals surface area contributed by atoms with E-state index < -0.39 is 0 Å². The largest absolute Gasteiger partial charge is 0.356 e. The average Bonchev–Trinajstić information content (AvgIpc) is 3.28. The quantitative estimate of drug-likeness (QED) is 0.847. The number of aryl methyl sites for hydroxylation is 1. The molecule has 1 aromatic heterocycles. The van der Waals surface area contributed by atoms with Gasteiger partial charge in [0.1, 0.15) is 0 Å². The van der Waals surface area contributed by atoms with E-state index in [1.54, 1.807) is 11.3 Å². The van der Waals surface area contributed by atoms with Crippen molar-refractivity contribution in [2.75, 3.05) is 6.54 Å². The van der Waals surface area contributed by atoms with Crippen LogP contribution in [0.2, 0.25) is 0 Å². The molecule has 3 nitrogen and oxygen atoms in total. The molecule has 0 bridgehead atoms. The molecule has 4 heteroatoms. The molecule has 1 aliphatic rings. The number of aromatic nitrogens is 1. The van der Waals surface area contributed by atoms with Gasteiger partial charge < -0.3 is 5.32 Å². The summed E-state index contributed by atoms with van der Waals surface area (Å²) < 4.78 is 0. The smallest absolute Gasteiger partial charge is 0.220 e. The number of hydrogen-bond donors (Lipinski definition) is 1. The Balaban J connectivity index is 1.49. The Morgan fingerprint density at radius 3 is 2.77 bits per heavy atom. The van der Waals surface area contributed by atoms with Gasteiger partial charge in [0.2, 0.25) is 5.91 Å². The highest BCUT2D eigenvalue weighted by Crippen LogP contribution is 2.44. The van der Waals surface area contributed by atoms with Crippen LogP contribution >= 0.6 is 11.3 Å². The van der Waals surface area contributed by atoms with Gasteiger partial charge in [-0.25, -0.2) is 4.98 Å². The Bertz CT molecular complexity index is 619. The van der Waals surface area contributed by atoms with Gasteiger partial charge >= 0.3 is 0 Å². The van der Waals surface area contributed by atoms with Crippen LogP contribution in [0.4, 0.5) is 0 Å². The fraction of sp³-hybridized carbons (Fsp3) is 0.444. The number of thiazole rings is 1. The maximum atomic E-state index is 12.2. The number of nitrogens with zero attached hydrogens (tertiary/aromatic N) is 1. The van der Waals surface area contributed by atoms with E-state index in [0.29, 0.717) is 24.8 Å². The van der Waals surface area contributed by atoms with Gasteiger partial charge in [0.25, 0.3) is 0 Å². The van der Waals surface area contributed by atoms with Crippen molar-refractivity contribution in [2.45, 2.75) is 38.5 Å². The summed E-state index contributed by atoms with van der Waals surface area (Å²) in [5, 5.41) is 6.20. The number of nitrogens with one attached hydrogen (secondary N) is 1. The van der Waals surface area contributed by atoms with Crippen molar-refractivity contribution in [1.29, 1.82) is 0 Å². The monoisotopic (exact) mass is 314 g/mol. The Labute approximate surface area is 135 Å². The summed E-state index contributed by atoms with van der Waals surface area (Å²) in [6, 6.07) is 10.5. The molecular formula is C18H22N2OS. The third-order valence-corrected chi connectivity index (χ3v) is 5.02. The van der Waals surface area contributed by atoms with Crippen molar-refractivity contribution in [3.8, 4) is 0 Å². The molecule has 3 rings (SSSR count). The molecular weight excluding hydrogens is 292 g/mol. The summed E-state index contributed by atoms with van der Waals surface area (Å²) >= 11 is 1.66. The van der Waals surface area contributed by atoms with Crippen LogP contribution in [0.3, 0.4) is 0 Å². The van der Waals surface area contributed by atoms with E-state index in [4.69, 9.17) is 0 Å². The SMILES string of the molecule is Cc1nc(CCNC(=O)CC(c2ccccc2)C2CC2)cs1. The molecule has 116 valence electrons. The normalized spacial score (nSPS) is 15.5. The third kappa shape index (κ3) is 4.17. The number of carbonyl (C=O) groups is 1. The molecule has 22 heavy (non-hydrogen) atoms. The summed E-state index contributed by atoms with van der Waals surface area (Å²) in [6.45, 7) is 2.68. The van der Waals surface area contributed by atoms with Gasteiger partial charge in [-0.3, -0.25) is 4.79 Å². The van der Waals surface area contributed by atoms with E-state index in [0.717, 1.165) is 17.1 Å². The van der Waals surface area contributed by atoms with E-state index in [9.17, 15) is 4.79 Å². The molecule has 0 saturated heterocycles. The second kappa shape index (κ2) is 7.05. The predicted octanol–water partition coefficient (Wildman–Crippen LogP) is 3.69. The summed E-state index contributed by atoms with van der Waals surface area (Å²) in [7, 11) is 0. The van der Waals surface area contributed by atoms with Gasteiger partial charge in [-0.05, 0) is 37.2 Å². The second-order valence-electron chi connectivity index (χ2n) is 6.02. The van der Waals surface area contributed by atoms with Crippen molar-refractivity contribution < 1.29 is 4.79 Å². The summed E-state index contributed by atoms with van der Waals surface area (Å²) in [5.41, 5.74) is 2.37. The van der Waals surface area contributed by atoms with Crippen LogP contribution in [-0.4, -0.2) is 17.4 Å². The van der Waals surface area contributed by atoms with Crippen molar-refractivity contribution in [3.05, 3.63) is 52.0 Å². The molecule has 0 radical (unpaired) electrons. The van der Waals surface area contributed by atoms with Crippen molar-refractivity contribution in [1.82, 2.24) is 10.3 Å². The van der Waals surface area contributed by atoms with Crippen LogP contribution in [-0.2, 0) is 11.2 Å². The molecule has 1 heterocycles. The summed E-state index contributed by atoms with van der Waals surface area (Å²) in [4.78, 5) is 16.6. The number of rotatable bonds is 7. The number of hydrogen-bond acceptors (Lipinski definition) is 3. The highest BCUT2D eigenvalue weighted by molar-refractivity contribution is 7.09. The lowest BCUT2D eigenvalue weighted by atomic mass is 9.91. The van der Waals surface area contributed by atoms with Gasteiger partial charge in [-0.2, -0.15) is 0 Å². The van der Waals surface area contributed by atoms with Crippen LogP contribution in [0.5, 0.6) is 0 Å². The first-order valence-electron chi connectivity index (χ1n) is 7.95. The van der Waals surface area contributed by atoms with Gasteiger partial charge in [0.15, 0.2) is 0 Å². The lowest BCUT2D eigenvalue weighted by molar-refractivity contribution is -0.121. The molecule has 1 aliphatic carbocycles. The van der Waals surface area contributed by atoms with Gasteiger partial charge in [-0.1, -0.05) is 30.3 Å². The minimum atomic E-state index is 0.160. The Morgan fingerprint density at radius 2 is 2.14 bits per heavy atom. The molecule has 1 fully saturated rings. The van der Waals surface area contributed by atoms with Crippen LogP contribution in [0.15, 0.2) is 35.7 Å². The molecule has 1 saturated carbocycles. The first-order valence-corrected chi connectivity index (χ1v) is 8.83. The van der Waals surface area contributed by atoms with E-state index in [-0.39, 0.29) is 5.91 Å². The molecule has 1 amide bonds. The van der Waals surface area contributed by atoms with Crippen molar-refractivity contribution >= 4 is 17.2 Å². The van der Waals surface area contributed by atoms with E-state index in [1.165, 1.54) is 18.4 Å². The van der Waals surface area contributed by atoms with E-state index in [2.05, 4.69) is 39.9 Å². The molecule has 2 aromatic rings. The zero-order chi connectivity index (χ0) is 15.4. The number of benzene rings is 1. The molecule has 1 unspecified atom stereocenters. The Kier molecular flexibility index (Phi) is 4.88. The predicted molar refractivity (Wildman–Crippen MR) is 90.1 cm³/mol. The zero-order valence-corrected chi connectivity index (χ0v) is 13.7. The first kappa shape index (κ1) is 15.2. The molecule has 0 aliphatic heterocycles. The average molecular weight is 314 g/mol. The topological polar surface area (TPSA) is 42.0 Å². The van der Waals surface area contributed by atoms with Gasteiger partial charge in [0.05, 0.1) is 10.7 Å². The highest BCUT2D eigenvalue weighted by Gasteiger charge is 2.33. The molecule has 1 N–H and O–H groups in total. The fourth-order valence-corrected chi connectivity index (χ4v) is 3.53. The van der Waals surface area contributed by atoms with Crippen molar-refractivity contribution in [2.24, 2.45) is 5.92 Å². The van der Waals surface area contributed by atoms with Gasteiger partial charge in [-0.15, -0.1) is 11.3 Å². The minimum absolute atomic E-state index is 0.160. The molecule has 1 atom stereocenters.